The molecule has 0 aliphatic rings. The van der Waals surface area contributed by atoms with Gasteiger partial charge in [-0.05, 0) is 36.1 Å². The maximum absolute atomic E-state index is 11.0. The van der Waals surface area contributed by atoms with Gasteiger partial charge in [0.05, 0.1) is 5.75 Å². The van der Waals surface area contributed by atoms with Crippen molar-refractivity contribution >= 4 is 21.4 Å². The first-order chi connectivity index (χ1) is 9.70. The summed E-state index contributed by atoms with van der Waals surface area (Å²) in [6.45, 7) is 7.68. The third-order valence-electron chi connectivity index (χ3n) is 3.10. The van der Waals surface area contributed by atoms with E-state index in [-0.39, 0.29) is 5.75 Å². The van der Waals surface area contributed by atoms with Crippen molar-refractivity contribution < 1.29 is 13.2 Å². The molecule has 0 radical (unpaired) electrons. The van der Waals surface area contributed by atoms with E-state index >= 15 is 0 Å². The topological polar surface area (TPSA) is 55.4 Å². The second kappa shape index (κ2) is 8.01. The van der Waals surface area contributed by atoms with Gasteiger partial charge in [-0.3, -0.25) is 0 Å². The number of benzene rings is 1. The fraction of sp³-hybridized carbons (Fsp3) is 0.600. The van der Waals surface area contributed by atoms with Crippen LogP contribution in [0, 0.1) is 6.92 Å². The largest absolute Gasteiger partial charge is 0.492 e. The van der Waals surface area contributed by atoms with E-state index in [9.17, 15) is 8.42 Å². The molecule has 0 amide bonds. The van der Waals surface area contributed by atoms with E-state index in [1.54, 1.807) is 0 Å². The fourth-order valence-electron chi connectivity index (χ4n) is 1.86. The maximum Gasteiger partial charge on any atom is 0.148 e. The maximum atomic E-state index is 11.0. The molecule has 0 aliphatic carbocycles. The van der Waals surface area contributed by atoms with E-state index in [1.165, 1.54) is 6.26 Å². The molecule has 0 bridgehead atoms. The first kappa shape index (κ1) is 18.3. The van der Waals surface area contributed by atoms with Gasteiger partial charge in [0.2, 0.25) is 0 Å². The Balaban J connectivity index is 2.50. The van der Waals surface area contributed by atoms with E-state index in [2.05, 4.69) is 19.2 Å². The molecule has 0 aromatic heterocycles. The average Bonchev–Trinajstić information content (AvgIpc) is 2.35. The highest BCUT2D eigenvalue weighted by Gasteiger charge is 2.11. The number of aryl methyl sites for hydroxylation is 1. The summed E-state index contributed by atoms with van der Waals surface area (Å²) in [5, 5.41) is 3.80. The van der Waals surface area contributed by atoms with Crippen molar-refractivity contribution in [2.24, 2.45) is 0 Å². The lowest BCUT2D eigenvalue weighted by Crippen LogP contribution is -2.26. The molecule has 0 spiro atoms. The van der Waals surface area contributed by atoms with Gasteiger partial charge in [-0.15, -0.1) is 0 Å². The van der Waals surface area contributed by atoms with Gasteiger partial charge in [0.25, 0.3) is 0 Å². The van der Waals surface area contributed by atoms with Crippen LogP contribution in [0.2, 0.25) is 5.02 Å². The Bertz CT molecular complexity index is 571. The van der Waals surface area contributed by atoms with Crippen molar-refractivity contribution in [3.8, 4) is 5.75 Å². The second-order valence-corrected chi connectivity index (χ2v) is 8.19. The summed E-state index contributed by atoms with van der Waals surface area (Å²) < 4.78 is 27.8. The van der Waals surface area contributed by atoms with E-state index in [0.717, 1.165) is 21.9 Å². The summed E-state index contributed by atoms with van der Waals surface area (Å²) in [6, 6.07) is 3.90. The van der Waals surface area contributed by atoms with Crippen LogP contribution in [0.1, 0.15) is 30.9 Å². The Morgan fingerprint density at radius 2 is 1.95 bits per heavy atom. The van der Waals surface area contributed by atoms with Crippen LogP contribution in [0.25, 0.3) is 0 Å². The summed E-state index contributed by atoms with van der Waals surface area (Å²) in [4.78, 5) is 0. The molecule has 0 fully saturated rings. The minimum atomic E-state index is -2.91. The van der Waals surface area contributed by atoms with Gasteiger partial charge in [-0.25, -0.2) is 8.42 Å². The number of rotatable bonds is 8. The van der Waals surface area contributed by atoms with Crippen LogP contribution in [0.5, 0.6) is 5.75 Å². The Labute approximate surface area is 132 Å². The molecule has 1 aromatic carbocycles. The van der Waals surface area contributed by atoms with E-state index < -0.39 is 9.84 Å². The Hall–Kier alpha value is -0.780. The van der Waals surface area contributed by atoms with Crippen molar-refractivity contribution in [3.05, 3.63) is 28.3 Å². The molecule has 6 heteroatoms. The first-order valence-corrected chi connectivity index (χ1v) is 9.46. The predicted molar refractivity (Wildman–Crippen MR) is 88.4 cm³/mol. The van der Waals surface area contributed by atoms with Crippen molar-refractivity contribution in [2.45, 2.75) is 26.7 Å². The third kappa shape index (κ3) is 6.68. The molecule has 0 saturated heterocycles. The zero-order valence-electron chi connectivity index (χ0n) is 13.1. The van der Waals surface area contributed by atoms with E-state index in [4.69, 9.17) is 16.3 Å². The number of nitrogens with one attached hydrogen (secondary N) is 1. The molecule has 0 atom stereocenters. The number of ether oxygens (including phenoxy) is 1. The number of hydrogen-bond acceptors (Lipinski definition) is 4. The molecule has 0 aliphatic heterocycles. The summed E-state index contributed by atoms with van der Waals surface area (Å²) in [5.41, 5.74) is 2.07. The van der Waals surface area contributed by atoms with Gasteiger partial charge < -0.3 is 10.1 Å². The minimum absolute atomic E-state index is 0.143. The quantitative estimate of drug-likeness (QED) is 0.743. The van der Waals surface area contributed by atoms with Crippen molar-refractivity contribution in [1.82, 2.24) is 5.32 Å². The normalized spacial score (nSPS) is 11.9. The van der Waals surface area contributed by atoms with Gasteiger partial charge in [-0.1, -0.05) is 25.4 Å². The minimum Gasteiger partial charge on any atom is -0.492 e. The van der Waals surface area contributed by atoms with E-state index in [0.29, 0.717) is 25.6 Å². The van der Waals surface area contributed by atoms with Crippen molar-refractivity contribution in [1.29, 1.82) is 0 Å². The van der Waals surface area contributed by atoms with Crippen LogP contribution in [-0.2, 0) is 9.84 Å². The number of halogens is 1. The van der Waals surface area contributed by atoms with Crippen LogP contribution >= 0.6 is 11.6 Å². The SMILES string of the molecule is Cc1cc(OCCNCCS(C)(=O)=O)c(C(C)C)cc1Cl. The molecular formula is C15H24ClNO3S. The van der Waals surface area contributed by atoms with Crippen LogP contribution in [0.15, 0.2) is 12.1 Å². The summed E-state index contributed by atoms with van der Waals surface area (Å²) in [7, 11) is -2.91. The monoisotopic (exact) mass is 333 g/mol. The van der Waals surface area contributed by atoms with Crippen molar-refractivity contribution in [2.75, 3.05) is 31.7 Å². The third-order valence-corrected chi connectivity index (χ3v) is 4.45. The fourth-order valence-corrected chi connectivity index (χ4v) is 2.55. The summed E-state index contributed by atoms with van der Waals surface area (Å²) in [6.07, 6.45) is 1.23. The molecule has 4 nitrogen and oxygen atoms in total. The van der Waals surface area contributed by atoms with Gasteiger partial charge in [0.1, 0.15) is 22.2 Å². The number of sulfone groups is 1. The molecule has 1 rings (SSSR count). The van der Waals surface area contributed by atoms with Crippen molar-refractivity contribution in [3.63, 3.8) is 0 Å². The zero-order chi connectivity index (χ0) is 16.0. The standard InChI is InChI=1S/C15H24ClNO3S/c1-11(2)13-10-14(16)12(3)9-15(13)20-7-5-17-6-8-21(4,18)19/h9-11,17H,5-8H2,1-4H3. The molecule has 1 N–H and O–H groups in total. The van der Waals surface area contributed by atoms with Gasteiger partial charge in [-0.2, -0.15) is 0 Å². The summed E-state index contributed by atoms with van der Waals surface area (Å²) >= 11 is 6.15. The highest BCUT2D eigenvalue weighted by Crippen LogP contribution is 2.31. The molecule has 0 unspecified atom stereocenters. The smallest absolute Gasteiger partial charge is 0.148 e. The molecule has 21 heavy (non-hydrogen) atoms. The molecule has 1 aromatic rings. The lowest BCUT2D eigenvalue weighted by atomic mass is 10.0. The van der Waals surface area contributed by atoms with Gasteiger partial charge >= 0.3 is 0 Å². The molecule has 0 heterocycles. The highest BCUT2D eigenvalue weighted by molar-refractivity contribution is 7.90. The Morgan fingerprint density at radius 1 is 1.29 bits per heavy atom. The highest BCUT2D eigenvalue weighted by atomic mass is 35.5. The first-order valence-electron chi connectivity index (χ1n) is 7.02. The van der Waals surface area contributed by atoms with Crippen LogP contribution < -0.4 is 10.1 Å². The number of hydrogen-bond donors (Lipinski definition) is 1. The summed E-state index contributed by atoms with van der Waals surface area (Å²) in [5.74, 6) is 1.32. The molecule has 0 saturated carbocycles. The van der Waals surface area contributed by atoms with Crippen LogP contribution in [-0.4, -0.2) is 40.1 Å². The van der Waals surface area contributed by atoms with Gasteiger partial charge in [0.15, 0.2) is 0 Å². The Kier molecular flexibility index (Phi) is 6.97. The average molecular weight is 334 g/mol. The van der Waals surface area contributed by atoms with E-state index in [1.807, 2.05) is 19.1 Å². The lowest BCUT2D eigenvalue weighted by Gasteiger charge is -2.16. The van der Waals surface area contributed by atoms with Crippen LogP contribution in [0.3, 0.4) is 0 Å². The predicted octanol–water partition coefficient (Wildman–Crippen LogP) is 2.78. The zero-order valence-corrected chi connectivity index (χ0v) is 14.6. The van der Waals surface area contributed by atoms with Crippen LogP contribution in [0.4, 0.5) is 0 Å². The second-order valence-electron chi connectivity index (χ2n) is 5.52. The lowest BCUT2D eigenvalue weighted by molar-refractivity contribution is 0.311. The Morgan fingerprint density at radius 3 is 2.52 bits per heavy atom. The molecular weight excluding hydrogens is 310 g/mol. The molecule has 120 valence electrons. The van der Waals surface area contributed by atoms with Gasteiger partial charge in [0, 0.05) is 24.4 Å².